The molecular weight excluding hydrogens is 288 g/mol. The molecule has 2 unspecified atom stereocenters. The van der Waals surface area contributed by atoms with Gasteiger partial charge in [0.1, 0.15) is 11.4 Å². The van der Waals surface area contributed by atoms with E-state index in [-0.39, 0.29) is 5.60 Å². The van der Waals surface area contributed by atoms with Crippen molar-refractivity contribution < 1.29 is 9.47 Å². The predicted molar refractivity (Wildman–Crippen MR) is 93.0 cm³/mol. The van der Waals surface area contributed by atoms with Crippen molar-refractivity contribution in [2.24, 2.45) is 0 Å². The Kier molecular flexibility index (Phi) is 4.95. The average Bonchev–Trinajstić information content (AvgIpc) is 2.85. The molecule has 128 valence electrons. The highest BCUT2D eigenvalue weighted by atomic mass is 16.5. The second-order valence-corrected chi connectivity index (χ2v) is 7.54. The smallest absolute Gasteiger partial charge is 0.123 e. The van der Waals surface area contributed by atoms with E-state index in [0.29, 0.717) is 12.1 Å². The SMILES string of the molecule is CC(NCc1ccc2c(c1)CC(C)(C)O2)C(C)N1CCOCC1. The maximum Gasteiger partial charge on any atom is 0.123 e. The van der Waals surface area contributed by atoms with Crippen molar-refractivity contribution in [3.05, 3.63) is 29.3 Å². The average molecular weight is 318 g/mol. The van der Waals surface area contributed by atoms with Crippen LogP contribution in [0.15, 0.2) is 18.2 Å². The number of morpholine rings is 1. The molecule has 4 heteroatoms. The van der Waals surface area contributed by atoms with Gasteiger partial charge >= 0.3 is 0 Å². The summed E-state index contributed by atoms with van der Waals surface area (Å²) in [6, 6.07) is 7.57. The molecule has 1 N–H and O–H groups in total. The van der Waals surface area contributed by atoms with Crippen LogP contribution in [0.25, 0.3) is 0 Å². The minimum Gasteiger partial charge on any atom is -0.487 e. The van der Waals surface area contributed by atoms with Crippen molar-refractivity contribution in [2.45, 2.75) is 58.3 Å². The summed E-state index contributed by atoms with van der Waals surface area (Å²) < 4.78 is 11.4. The van der Waals surface area contributed by atoms with Gasteiger partial charge in [-0.05, 0) is 44.9 Å². The van der Waals surface area contributed by atoms with E-state index in [4.69, 9.17) is 9.47 Å². The molecule has 2 aliphatic heterocycles. The number of nitrogens with one attached hydrogen (secondary N) is 1. The molecule has 1 saturated heterocycles. The van der Waals surface area contributed by atoms with E-state index >= 15 is 0 Å². The largest absolute Gasteiger partial charge is 0.487 e. The number of hydrogen-bond donors (Lipinski definition) is 1. The van der Waals surface area contributed by atoms with Crippen LogP contribution in [0.1, 0.15) is 38.8 Å². The molecule has 3 rings (SSSR count). The van der Waals surface area contributed by atoms with E-state index in [1.54, 1.807) is 0 Å². The van der Waals surface area contributed by atoms with Gasteiger partial charge in [0.15, 0.2) is 0 Å². The van der Waals surface area contributed by atoms with Crippen LogP contribution >= 0.6 is 0 Å². The zero-order valence-corrected chi connectivity index (χ0v) is 14.9. The standard InChI is InChI=1S/C19H30N2O2/c1-14(15(2)21-7-9-22-10-8-21)20-13-16-5-6-18-17(11-16)12-19(3,4)23-18/h5-6,11,14-15,20H,7-10,12-13H2,1-4H3. The molecule has 1 aromatic carbocycles. The zero-order valence-electron chi connectivity index (χ0n) is 14.9. The van der Waals surface area contributed by atoms with E-state index in [1.165, 1.54) is 11.1 Å². The molecule has 1 fully saturated rings. The number of benzene rings is 1. The van der Waals surface area contributed by atoms with Crippen LogP contribution in [0, 0.1) is 0 Å². The van der Waals surface area contributed by atoms with Crippen molar-refractivity contribution in [3.63, 3.8) is 0 Å². The maximum atomic E-state index is 5.95. The lowest BCUT2D eigenvalue weighted by atomic mass is 10.00. The first-order valence-corrected chi connectivity index (χ1v) is 8.81. The van der Waals surface area contributed by atoms with Gasteiger partial charge in [-0.1, -0.05) is 12.1 Å². The van der Waals surface area contributed by atoms with E-state index in [2.05, 4.69) is 56.1 Å². The van der Waals surface area contributed by atoms with Gasteiger partial charge in [-0.3, -0.25) is 4.90 Å². The topological polar surface area (TPSA) is 33.7 Å². The normalized spacial score (nSPS) is 23.1. The van der Waals surface area contributed by atoms with Crippen molar-refractivity contribution in [2.75, 3.05) is 26.3 Å². The first-order chi connectivity index (χ1) is 10.9. The number of rotatable bonds is 5. The Labute approximate surface area is 140 Å². The first-order valence-electron chi connectivity index (χ1n) is 8.81. The molecule has 1 aromatic rings. The number of ether oxygens (including phenoxy) is 2. The monoisotopic (exact) mass is 318 g/mol. The molecule has 4 nitrogen and oxygen atoms in total. The molecule has 0 bridgehead atoms. The summed E-state index contributed by atoms with van der Waals surface area (Å²) in [6.07, 6.45) is 0.996. The van der Waals surface area contributed by atoms with Crippen LogP contribution in [0.2, 0.25) is 0 Å². The molecule has 0 amide bonds. The molecule has 2 atom stereocenters. The lowest BCUT2D eigenvalue weighted by Gasteiger charge is -2.36. The lowest BCUT2D eigenvalue weighted by molar-refractivity contribution is 0.0135. The van der Waals surface area contributed by atoms with Crippen molar-refractivity contribution in [1.82, 2.24) is 10.2 Å². The molecule has 2 aliphatic rings. The van der Waals surface area contributed by atoms with Crippen LogP contribution in [-0.4, -0.2) is 48.9 Å². The fourth-order valence-electron chi connectivity index (χ4n) is 3.52. The second-order valence-electron chi connectivity index (χ2n) is 7.54. The Morgan fingerprint density at radius 3 is 2.70 bits per heavy atom. The predicted octanol–water partition coefficient (Wildman–Crippen LogP) is 2.60. The third-order valence-corrected chi connectivity index (χ3v) is 5.10. The van der Waals surface area contributed by atoms with Gasteiger partial charge in [-0.2, -0.15) is 0 Å². The summed E-state index contributed by atoms with van der Waals surface area (Å²) in [4.78, 5) is 2.51. The third kappa shape index (κ3) is 4.06. The van der Waals surface area contributed by atoms with Crippen LogP contribution < -0.4 is 10.1 Å². The van der Waals surface area contributed by atoms with Gasteiger partial charge in [-0.15, -0.1) is 0 Å². The van der Waals surface area contributed by atoms with Crippen LogP contribution in [0.5, 0.6) is 5.75 Å². The quantitative estimate of drug-likeness (QED) is 0.905. The third-order valence-electron chi connectivity index (χ3n) is 5.10. The fourth-order valence-corrected chi connectivity index (χ4v) is 3.52. The van der Waals surface area contributed by atoms with E-state index in [0.717, 1.165) is 45.0 Å². The first kappa shape index (κ1) is 16.7. The Balaban J connectivity index is 1.54. The summed E-state index contributed by atoms with van der Waals surface area (Å²) in [5.74, 6) is 1.05. The van der Waals surface area contributed by atoms with E-state index < -0.39 is 0 Å². The summed E-state index contributed by atoms with van der Waals surface area (Å²) in [7, 11) is 0. The van der Waals surface area contributed by atoms with Crippen molar-refractivity contribution in [3.8, 4) is 5.75 Å². The Morgan fingerprint density at radius 2 is 1.96 bits per heavy atom. The van der Waals surface area contributed by atoms with Gasteiger partial charge in [0.25, 0.3) is 0 Å². The molecule has 0 radical (unpaired) electrons. The Morgan fingerprint density at radius 1 is 1.22 bits per heavy atom. The number of fused-ring (bicyclic) bond motifs is 1. The maximum absolute atomic E-state index is 5.95. The van der Waals surface area contributed by atoms with Crippen molar-refractivity contribution in [1.29, 1.82) is 0 Å². The molecule has 0 aliphatic carbocycles. The summed E-state index contributed by atoms with van der Waals surface area (Å²) >= 11 is 0. The van der Waals surface area contributed by atoms with Gasteiger partial charge in [0.05, 0.1) is 13.2 Å². The highest BCUT2D eigenvalue weighted by Crippen LogP contribution is 2.35. The van der Waals surface area contributed by atoms with E-state index in [9.17, 15) is 0 Å². The molecule has 0 aromatic heterocycles. The summed E-state index contributed by atoms with van der Waals surface area (Å²) in [6.45, 7) is 13.6. The minimum absolute atomic E-state index is 0.0630. The van der Waals surface area contributed by atoms with E-state index in [1.807, 2.05) is 0 Å². The Hall–Kier alpha value is -1.10. The van der Waals surface area contributed by atoms with Gasteiger partial charge in [0, 0.05) is 38.1 Å². The summed E-state index contributed by atoms with van der Waals surface area (Å²) in [5, 5.41) is 3.68. The number of hydrogen-bond acceptors (Lipinski definition) is 4. The van der Waals surface area contributed by atoms with Crippen LogP contribution in [0.3, 0.4) is 0 Å². The number of nitrogens with zero attached hydrogens (tertiary/aromatic N) is 1. The Bertz CT molecular complexity index is 538. The lowest BCUT2D eigenvalue weighted by Crippen LogP contribution is -2.50. The highest BCUT2D eigenvalue weighted by Gasteiger charge is 2.30. The van der Waals surface area contributed by atoms with Crippen LogP contribution in [0.4, 0.5) is 0 Å². The van der Waals surface area contributed by atoms with Gasteiger partial charge in [-0.25, -0.2) is 0 Å². The van der Waals surface area contributed by atoms with Gasteiger partial charge in [0.2, 0.25) is 0 Å². The fraction of sp³-hybridized carbons (Fsp3) is 0.684. The summed E-state index contributed by atoms with van der Waals surface area (Å²) in [5.41, 5.74) is 2.61. The molecule has 0 spiro atoms. The second kappa shape index (κ2) is 6.80. The molecule has 23 heavy (non-hydrogen) atoms. The molecule has 0 saturated carbocycles. The van der Waals surface area contributed by atoms with Crippen molar-refractivity contribution >= 4 is 0 Å². The van der Waals surface area contributed by atoms with Gasteiger partial charge < -0.3 is 14.8 Å². The zero-order chi connectivity index (χ0) is 16.4. The molecule has 2 heterocycles. The molecular formula is C19H30N2O2. The highest BCUT2D eigenvalue weighted by molar-refractivity contribution is 5.41. The van der Waals surface area contributed by atoms with Crippen LogP contribution in [-0.2, 0) is 17.7 Å². The minimum atomic E-state index is -0.0630.